The van der Waals surface area contributed by atoms with E-state index in [1.54, 1.807) is 14.0 Å². The molecule has 3 heterocycles. The van der Waals surface area contributed by atoms with E-state index in [0.29, 0.717) is 5.76 Å². The number of para-hydroxylation sites is 1. The minimum Gasteiger partial charge on any atom is -0.459 e. The summed E-state index contributed by atoms with van der Waals surface area (Å²) in [5, 5.41) is 3.71. The lowest BCUT2D eigenvalue weighted by Crippen LogP contribution is -2.43. The minimum absolute atomic E-state index is 0.264. The van der Waals surface area contributed by atoms with Crippen molar-refractivity contribution >= 4 is 28.0 Å². The summed E-state index contributed by atoms with van der Waals surface area (Å²) < 4.78 is 9.44. The van der Waals surface area contributed by atoms with E-state index in [9.17, 15) is 14.4 Å². The summed E-state index contributed by atoms with van der Waals surface area (Å²) in [6.45, 7) is 1.39. The SMILES string of the molecule is CC(NC(=O)Cn1c(=O)c2c(ncn2C)n(C)c1=O)c1cc2ccccc2o1. The molecule has 0 aliphatic rings. The molecule has 0 saturated carbocycles. The molecule has 9 nitrogen and oxygen atoms in total. The maximum atomic E-state index is 12.7. The van der Waals surface area contributed by atoms with Crippen molar-refractivity contribution in [1.29, 1.82) is 0 Å². The van der Waals surface area contributed by atoms with Gasteiger partial charge in [0, 0.05) is 19.5 Å². The first-order chi connectivity index (χ1) is 13.4. The number of nitrogens with zero attached hydrogens (tertiary/aromatic N) is 4. The molecule has 4 aromatic rings. The Bertz CT molecular complexity index is 1290. The van der Waals surface area contributed by atoms with Crippen molar-refractivity contribution in [1.82, 2.24) is 24.0 Å². The minimum atomic E-state index is -0.595. The zero-order valence-corrected chi connectivity index (χ0v) is 15.7. The van der Waals surface area contributed by atoms with Crippen molar-refractivity contribution in [3.8, 4) is 0 Å². The summed E-state index contributed by atoms with van der Waals surface area (Å²) in [5.74, 6) is 0.130. The maximum absolute atomic E-state index is 12.7. The van der Waals surface area contributed by atoms with E-state index >= 15 is 0 Å². The summed E-state index contributed by atoms with van der Waals surface area (Å²) in [7, 11) is 3.18. The standard InChI is InChI=1S/C19H19N5O4/c1-11(14-8-12-6-4-5-7-13(12)28-14)21-15(25)9-24-18(26)16-17(20-10-22(16)2)23(3)19(24)27/h4-8,10-11H,9H2,1-3H3,(H,21,25). The third-order valence-electron chi connectivity index (χ3n) is 4.75. The van der Waals surface area contributed by atoms with Crippen LogP contribution in [0.25, 0.3) is 22.1 Å². The smallest absolute Gasteiger partial charge is 0.332 e. The molecule has 144 valence electrons. The average Bonchev–Trinajstić information content (AvgIpc) is 3.27. The van der Waals surface area contributed by atoms with Crippen molar-refractivity contribution in [3.63, 3.8) is 0 Å². The molecule has 1 unspecified atom stereocenters. The number of amides is 1. The normalized spacial score (nSPS) is 12.5. The van der Waals surface area contributed by atoms with Gasteiger partial charge in [0.05, 0.1) is 12.4 Å². The van der Waals surface area contributed by atoms with Crippen molar-refractivity contribution in [3.05, 3.63) is 63.3 Å². The second-order valence-electron chi connectivity index (χ2n) is 6.74. The highest BCUT2D eigenvalue weighted by Crippen LogP contribution is 2.23. The number of benzene rings is 1. The molecule has 1 atom stereocenters. The van der Waals surface area contributed by atoms with Crippen LogP contribution < -0.4 is 16.6 Å². The molecule has 0 saturated heterocycles. The van der Waals surface area contributed by atoms with Crippen LogP contribution in [-0.4, -0.2) is 24.6 Å². The molecule has 1 N–H and O–H groups in total. The van der Waals surface area contributed by atoms with E-state index < -0.39 is 29.7 Å². The van der Waals surface area contributed by atoms with Gasteiger partial charge >= 0.3 is 5.69 Å². The van der Waals surface area contributed by atoms with Gasteiger partial charge in [-0.25, -0.2) is 14.3 Å². The Balaban J connectivity index is 1.61. The molecule has 28 heavy (non-hydrogen) atoms. The molecule has 1 aromatic carbocycles. The van der Waals surface area contributed by atoms with E-state index in [-0.39, 0.29) is 11.2 Å². The number of aryl methyl sites for hydroxylation is 2. The van der Waals surface area contributed by atoms with Crippen molar-refractivity contribution < 1.29 is 9.21 Å². The second kappa shape index (κ2) is 6.52. The highest BCUT2D eigenvalue weighted by Gasteiger charge is 2.19. The summed E-state index contributed by atoms with van der Waals surface area (Å²) in [4.78, 5) is 41.8. The number of fused-ring (bicyclic) bond motifs is 2. The van der Waals surface area contributed by atoms with Gasteiger partial charge in [0.15, 0.2) is 11.2 Å². The van der Waals surface area contributed by atoms with Gasteiger partial charge in [0.2, 0.25) is 5.91 Å². The van der Waals surface area contributed by atoms with Gasteiger partial charge in [-0.15, -0.1) is 0 Å². The molecule has 0 bridgehead atoms. The highest BCUT2D eigenvalue weighted by molar-refractivity contribution is 5.79. The maximum Gasteiger partial charge on any atom is 0.332 e. The van der Waals surface area contributed by atoms with Crippen LogP contribution >= 0.6 is 0 Å². The second-order valence-corrected chi connectivity index (χ2v) is 6.74. The number of rotatable bonds is 4. The zero-order valence-electron chi connectivity index (χ0n) is 15.7. The van der Waals surface area contributed by atoms with Gasteiger partial charge < -0.3 is 14.3 Å². The quantitative estimate of drug-likeness (QED) is 0.569. The Morgan fingerprint density at radius 1 is 1.25 bits per heavy atom. The van der Waals surface area contributed by atoms with Crippen LogP contribution in [0.5, 0.6) is 0 Å². The fraction of sp³-hybridized carbons (Fsp3) is 0.263. The molecule has 3 aromatic heterocycles. The average molecular weight is 381 g/mol. The predicted molar refractivity (Wildman–Crippen MR) is 103 cm³/mol. The number of aromatic nitrogens is 4. The van der Waals surface area contributed by atoms with Crippen molar-refractivity contribution in [2.45, 2.75) is 19.5 Å². The first kappa shape index (κ1) is 17.8. The van der Waals surface area contributed by atoms with Gasteiger partial charge in [-0.3, -0.25) is 14.2 Å². The lowest BCUT2D eigenvalue weighted by Gasteiger charge is -2.13. The summed E-state index contributed by atoms with van der Waals surface area (Å²) >= 11 is 0. The summed E-state index contributed by atoms with van der Waals surface area (Å²) in [5.41, 5.74) is 0.128. The van der Waals surface area contributed by atoms with E-state index in [2.05, 4.69) is 10.3 Å². The lowest BCUT2D eigenvalue weighted by molar-refractivity contribution is -0.122. The fourth-order valence-corrected chi connectivity index (χ4v) is 3.25. The largest absolute Gasteiger partial charge is 0.459 e. The van der Waals surface area contributed by atoms with E-state index in [1.165, 1.54) is 22.5 Å². The molecule has 0 radical (unpaired) electrons. The van der Waals surface area contributed by atoms with Gasteiger partial charge in [-0.1, -0.05) is 18.2 Å². The first-order valence-corrected chi connectivity index (χ1v) is 8.75. The topological polar surface area (TPSA) is 104 Å². The lowest BCUT2D eigenvalue weighted by atomic mass is 10.2. The van der Waals surface area contributed by atoms with Gasteiger partial charge in [0.1, 0.15) is 17.9 Å². The van der Waals surface area contributed by atoms with Crippen LogP contribution in [-0.2, 0) is 25.4 Å². The van der Waals surface area contributed by atoms with Crippen LogP contribution in [0.4, 0.5) is 0 Å². The van der Waals surface area contributed by atoms with Crippen LogP contribution in [0.1, 0.15) is 18.7 Å². The van der Waals surface area contributed by atoms with Gasteiger partial charge in [-0.05, 0) is 19.1 Å². The Morgan fingerprint density at radius 2 is 2.00 bits per heavy atom. The monoisotopic (exact) mass is 381 g/mol. The van der Waals surface area contributed by atoms with Crippen LogP contribution in [0.15, 0.2) is 50.7 Å². The van der Waals surface area contributed by atoms with E-state index in [0.717, 1.165) is 15.5 Å². The first-order valence-electron chi connectivity index (χ1n) is 8.75. The van der Waals surface area contributed by atoms with Gasteiger partial charge in [0.25, 0.3) is 5.56 Å². The number of furan rings is 1. The third kappa shape index (κ3) is 2.81. The summed E-state index contributed by atoms with van der Waals surface area (Å²) in [6, 6.07) is 8.98. The van der Waals surface area contributed by atoms with E-state index in [1.807, 2.05) is 30.3 Å². The Labute approximate surface area is 158 Å². The molecular weight excluding hydrogens is 362 g/mol. The molecule has 1 amide bonds. The molecular formula is C19H19N5O4. The summed E-state index contributed by atoms with van der Waals surface area (Å²) in [6.07, 6.45) is 1.46. The molecule has 0 aliphatic heterocycles. The van der Waals surface area contributed by atoms with Crippen LogP contribution in [0.2, 0.25) is 0 Å². The van der Waals surface area contributed by atoms with Crippen LogP contribution in [0, 0.1) is 0 Å². The van der Waals surface area contributed by atoms with Crippen molar-refractivity contribution in [2.24, 2.45) is 14.1 Å². The molecule has 0 aliphatic carbocycles. The fourth-order valence-electron chi connectivity index (χ4n) is 3.25. The number of hydrogen-bond acceptors (Lipinski definition) is 5. The van der Waals surface area contributed by atoms with Crippen molar-refractivity contribution in [2.75, 3.05) is 0 Å². The number of carbonyl (C=O) groups is 1. The van der Waals surface area contributed by atoms with Gasteiger partial charge in [-0.2, -0.15) is 0 Å². The van der Waals surface area contributed by atoms with E-state index in [4.69, 9.17) is 4.42 Å². The molecule has 0 fully saturated rings. The molecule has 4 rings (SSSR count). The zero-order chi connectivity index (χ0) is 20.0. The molecule has 9 heteroatoms. The Kier molecular flexibility index (Phi) is 4.14. The number of nitrogens with one attached hydrogen (secondary N) is 1. The third-order valence-corrected chi connectivity index (χ3v) is 4.75. The molecule has 0 spiro atoms. The number of hydrogen-bond donors (Lipinski definition) is 1. The number of imidazole rings is 1. The Hall–Kier alpha value is -3.62. The predicted octanol–water partition coefficient (Wildman–Crippen LogP) is 1.06. The number of carbonyl (C=O) groups excluding carboxylic acids is 1. The highest BCUT2D eigenvalue weighted by atomic mass is 16.3. The Morgan fingerprint density at radius 3 is 2.75 bits per heavy atom. The van der Waals surface area contributed by atoms with Crippen LogP contribution in [0.3, 0.4) is 0 Å².